The van der Waals surface area contributed by atoms with Gasteiger partial charge in [0.15, 0.2) is 0 Å². The van der Waals surface area contributed by atoms with E-state index in [4.69, 9.17) is 0 Å². The van der Waals surface area contributed by atoms with Crippen LogP contribution in [-0.2, 0) is 11.2 Å². The lowest BCUT2D eigenvalue weighted by molar-refractivity contribution is -0.122. The second kappa shape index (κ2) is 8.27. The van der Waals surface area contributed by atoms with Crippen molar-refractivity contribution in [2.24, 2.45) is 0 Å². The van der Waals surface area contributed by atoms with E-state index < -0.39 is 5.54 Å². The Labute approximate surface area is 155 Å². The van der Waals surface area contributed by atoms with Gasteiger partial charge >= 0.3 is 0 Å². The normalized spacial score (nSPS) is 11.0. The van der Waals surface area contributed by atoms with Gasteiger partial charge in [-0.3, -0.25) is 9.59 Å². The van der Waals surface area contributed by atoms with Gasteiger partial charge in [0, 0.05) is 15.7 Å². The number of carbonyl (C=O) groups excluding carboxylic acids is 2. The van der Waals surface area contributed by atoms with Crippen LogP contribution in [0.3, 0.4) is 0 Å². The summed E-state index contributed by atoms with van der Waals surface area (Å²) in [5, 5.41) is 14.8. The van der Waals surface area contributed by atoms with Crippen LogP contribution in [0.5, 0.6) is 0 Å². The summed E-state index contributed by atoms with van der Waals surface area (Å²) in [6, 6.07) is 14.2. The monoisotopic (exact) mass is 404 g/mol. The van der Waals surface area contributed by atoms with Crippen LogP contribution in [0.1, 0.15) is 29.8 Å². The first-order chi connectivity index (χ1) is 11.8. The van der Waals surface area contributed by atoms with E-state index in [-0.39, 0.29) is 24.8 Å². The Bertz CT molecular complexity index is 740. The van der Waals surface area contributed by atoms with Crippen LogP contribution in [0.4, 0.5) is 5.69 Å². The number of anilines is 1. The number of hydrogen-bond donors (Lipinski definition) is 3. The van der Waals surface area contributed by atoms with Gasteiger partial charge in [0.1, 0.15) is 0 Å². The van der Waals surface area contributed by atoms with Crippen molar-refractivity contribution in [2.45, 2.75) is 25.8 Å². The fourth-order valence-corrected chi connectivity index (χ4v) is 2.42. The molecular formula is C19H21BrN2O3. The minimum atomic E-state index is -0.643. The molecule has 2 aromatic rings. The quantitative estimate of drug-likeness (QED) is 0.691. The SMILES string of the molecule is CC(C)(CO)NC(=O)Cc1ccc(NC(=O)c2ccc(Br)cc2)cc1. The minimum Gasteiger partial charge on any atom is -0.394 e. The molecule has 0 saturated heterocycles. The van der Waals surface area contributed by atoms with Crippen molar-refractivity contribution in [1.29, 1.82) is 0 Å². The molecule has 0 heterocycles. The lowest BCUT2D eigenvalue weighted by Crippen LogP contribution is -2.46. The highest BCUT2D eigenvalue weighted by molar-refractivity contribution is 9.10. The molecule has 0 radical (unpaired) electrons. The van der Waals surface area contributed by atoms with Gasteiger partial charge in [-0.2, -0.15) is 0 Å². The zero-order valence-corrected chi connectivity index (χ0v) is 15.8. The summed E-state index contributed by atoms with van der Waals surface area (Å²) >= 11 is 3.33. The summed E-state index contributed by atoms with van der Waals surface area (Å²) in [5.41, 5.74) is 1.41. The molecule has 5 nitrogen and oxygen atoms in total. The Morgan fingerprint density at radius 1 is 1.04 bits per heavy atom. The first kappa shape index (κ1) is 19.1. The van der Waals surface area contributed by atoms with Crippen molar-refractivity contribution >= 4 is 33.4 Å². The molecule has 0 fully saturated rings. The maximum Gasteiger partial charge on any atom is 0.255 e. The number of carbonyl (C=O) groups is 2. The Morgan fingerprint density at radius 3 is 2.20 bits per heavy atom. The molecule has 132 valence electrons. The molecule has 0 aromatic heterocycles. The van der Waals surface area contributed by atoms with E-state index >= 15 is 0 Å². The average molecular weight is 405 g/mol. The number of nitrogens with one attached hydrogen (secondary N) is 2. The van der Waals surface area contributed by atoms with Gasteiger partial charge in [0.05, 0.1) is 18.6 Å². The summed E-state index contributed by atoms with van der Waals surface area (Å²) in [6.07, 6.45) is 0.213. The number of aliphatic hydroxyl groups is 1. The molecule has 0 unspecified atom stereocenters. The molecule has 2 aromatic carbocycles. The maximum absolute atomic E-state index is 12.2. The van der Waals surface area contributed by atoms with Crippen LogP contribution < -0.4 is 10.6 Å². The average Bonchev–Trinajstić information content (AvgIpc) is 2.56. The Hall–Kier alpha value is -2.18. The lowest BCUT2D eigenvalue weighted by atomic mass is 10.1. The topological polar surface area (TPSA) is 78.4 Å². The minimum absolute atomic E-state index is 0.125. The second-order valence-corrected chi connectivity index (χ2v) is 7.34. The van der Waals surface area contributed by atoms with Crippen LogP contribution in [0.2, 0.25) is 0 Å². The zero-order valence-electron chi connectivity index (χ0n) is 14.2. The summed E-state index contributed by atoms with van der Waals surface area (Å²) < 4.78 is 0.913. The van der Waals surface area contributed by atoms with Crippen LogP contribution in [0, 0.1) is 0 Å². The van der Waals surface area contributed by atoms with Gasteiger partial charge in [-0.1, -0.05) is 28.1 Å². The van der Waals surface area contributed by atoms with Gasteiger partial charge in [0.25, 0.3) is 5.91 Å². The van der Waals surface area contributed by atoms with Crippen molar-refractivity contribution in [3.8, 4) is 0 Å². The molecule has 6 heteroatoms. The standard InChI is InChI=1S/C19H21BrN2O3/c1-19(2,12-23)22-17(24)11-13-3-9-16(10-4-13)21-18(25)14-5-7-15(20)8-6-14/h3-10,23H,11-12H2,1-2H3,(H,21,25)(H,22,24). The molecule has 0 saturated carbocycles. The largest absolute Gasteiger partial charge is 0.394 e. The molecule has 0 bridgehead atoms. The summed E-state index contributed by atoms with van der Waals surface area (Å²) in [7, 11) is 0. The van der Waals surface area contributed by atoms with Crippen molar-refractivity contribution in [3.63, 3.8) is 0 Å². The van der Waals surface area contributed by atoms with Crippen LogP contribution in [-0.4, -0.2) is 29.1 Å². The van der Waals surface area contributed by atoms with Gasteiger partial charge < -0.3 is 15.7 Å². The first-order valence-electron chi connectivity index (χ1n) is 7.87. The van der Waals surface area contributed by atoms with Crippen molar-refractivity contribution in [2.75, 3.05) is 11.9 Å². The fourth-order valence-electron chi connectivity index (χ4n) is 2.16. The molecule has 2 amide bonds. The van der Waals surface area contributed by atoms with Gasteiger partial charge in [-0.05, 0) is 55.8 Å². The molecule has 0 spiro atoms. The van der Waals surface area contributed by atoms with E-state index in [1.165, 1.54) is 0 Å². The van der Waals surface area contributed by atoms with Crippen LogP contribution in [0.15, 0.2) is 53.0 Å². The number of benzene rings is 2. The smallest absolute Gasteiger partial charge is 0.255 e. The van der Waals surface area contributed by atoms with E-state index in [0.717, 1.165) is 10.0 Å². The molecular weight excluding hydrogens is 384 g/mol. The molecule has 0 atom stereocenters. The van der Waals surface area contributed by atoms with E-state index in [1.54, 1.807) is 50.2 Å². The Kier molecular flexibility index (Phi) is 6.33. The third kappa shape index (κ3) is 5.99. The molecule has 0 aliphatic rings. The van der Waals surface area contributed by atoms with E-state index in [2.05, 4.69) is 26.6 Å². The number of halogens is 1. The highest BCUT2D eigenvalue weighted by Crippen LogP contribution is 2.14. The fraction of sp³-hybridized carbons (Fsp3) is 0.263. The third-order valence-corrected chi connectivity index (χ3v) is 4.08. The van der Waals surface area contributed by atoms with Gasteiger partial charge in [-0.15, -0.1) is 0 Å². The third-order valence-electron chi connectivity index (χ3n) is 3.56. The molecule has 25 heavy (non-hydrogen) atoms. The highest BCUT2D eigenvalue weighted by atomic mass is 79.9. The van der Waals surface area contributed by atoms with Gasteiger partial charge in [0.2, 0.25) is 5.91 Å². The van der Waals surface area contributed by atoms with Gasteiger partial charge in [-0.25, -0.2) is 0 Å². The maximum atomic E-state index is 12.2. The van der Waals surface area contributed by atoms with Crippen molar-refractivity contribution in [3.05, 3.63) is 64.1 Å². The Balaban J connectivity index is 1.94. The molecule has 2 rings (SSSR count). The summed E-state index contributed by atoms with van der Waals surface area (Å²) in [4.78, 5) is 24.1. The number of rotatable bonds is 6. The van der Waals surface area contributed by atoms with E-state index in [9.17, 15) is 14.7 Å². The summed E-state index contributed by atoms with van der Waals surface area (Å²) in [5.74, 6) is -0.353. The second-order valence-electron chi connectivity index (χ2n) is 6.42. The predicted octanol–water partition coefficient (Wildman–Crippen LogP) is 3.13. The van der Waals surface area contributed by atoms with Crippen molar-refractivity contribution in [1.82, 2.24) is 5.32 Å². The molecule has 3 N–H and O–H groups in total. The van der Waals surface area contributed by atoms with E-state index in [1.807, 2.05) is 12.1 Å². The Morgan fingerprint density at radius 2 is 1.64 bits per heavy atom. The predicted molar refractivity (Wildman–Crippen MR) is 102 cm³/mol. The number of aliphatic hydroxyl groups excluding tert-OH is 1. The summed E-state index contributed by atoms with van der Waals surface area (Å²) in [6.45, 7) is 3.39. The van der Waals surface area contributed by atoms with E-state index in [0.29, 0.717) is 11.3 Å². The molecule has 0 aliphatic heterocycles. The van der Waals surface area contributed by atoms with Crippen LogP contribution in [0.25, 0.3) is 0 Å². The molecule has 0 aliphatic carbocycles. The zero-order chi connectivity index (χ0) is 18.4. The highest BCUT2D eigenvalue weighted by Gasteiger charge is 2.19. The first-order valence-corrected chi connectivity index (χ1v) is 8.66. The van der Waals surface area contributed by atoms with Crippen molar-refractivity contribution < 1.29 is 14.7 Å². The number of hydrogen-bond acceptors (Lipinski definition) is 3. The lowest BCUT2D eigenvalue weighted by Gasteiger charge is -2.23. The van der Waals surface area contributed by atoms with Crippen LogP contribution >= 0.6 is 15.9 Å². The number of amides is 2.